The van der Waals surface area contributed by atoms with Gasteiger partial charge in [0.25, 0.3) is 5.08 Å². The van der Waals surface area contributed by atoms with E-state index in [9.17, 15) is 23.5 Å². The molecule has 0 aromatic heterocycles. The minimum Gasteiger partial charge on any atom is -0.790 e. The molecule has 0 spiro atoms. The van der Waals surface area contributed by atoms with Crippen molar-refractivity contribution >= 4 is 23.0 Å². The third-order valence-corrected chi connectivity index (χ3v) is 6.15. The number of rotatable bonds is 4. The van der Waals surface area contributed by atoms with Crippen molar-refractivity contribution in [1.82, 2.24) is 0 Å². The maximum atomic E-state index is 10.7. The van der Waals surface area contributed by atoms with Crippen molar-refractivity contribution < 1.29 is 107 Å². The van der Waals surface area contributed by atoms with Gasteiger partial charge in [0.1, 0.15) is 0 Å². The Morgan fingerprint density at radius 1 is 0.941 bits per heavy atom. The fourth-order valence-electron chi connectivity index (χ4n) is 0.488. The van der Waals surface area contributed by atoms with Crippen molar-refractivity contribution in [2.75, 3.05) is 0 Å². The van der Waals surface area contributed by atoms with Gasteiger partial charge in [-0.05, 0) is 6.92 Å². The van der Waals surface area contributed by atoms with Crippen molar-refractivity contribution in [3.63, 3.8) is 0 Å². The molecule has 0 unspecified atom stereocenters. The van der Waals surface area contributed by atoms with Crippen LogP contribution in [-0.2, 0) is 18.2 Å². The van der Waals surface area contributed by atoms with Crippen molar-refractivity contribution in [2.45, 2.75) is 12.0 Å². The Labute approximate surface area is 140 Å². The molecule has 15 heteroatoms. The Hall–Kier alpha value is 2.41. The first-order valence-electron chi connectivity index (χ1n) is 3.05. The van der Waals surface area contributed by atoms with Gasteiger partial charge >= 0.3 is 74.3 Å². The van der Waals surface area contributed by atoms with E-state index >= 15 is 0 Å². The van der Waals surface area contributed by atoms with Gasteiger partial charge in [0, 0.05) is 0 Å². The molecule has 0 saturated heterocycles. The summed E-state index contributed by atoms with van der Waals surface area (Å²) in [4.78, 5) is 54.3. The van der Waals surface area contributed by atoms with Crippen molar-refractivity contribution in [3.05, 3.63) is 0 Å². The third-order valence-electron chi connectivity index (χ3n) is 1.37. The summed E-state index contributed by atoms with van der Waals surface area (Å²) in [5.74, 6) is 0. The number of hydrogen-bond acceptors (Lipinski definition) is 6. The van der Waals surface area contributed by atoms with Gasteiger partial charge in [-0.3, -0.25) is 9.13 Å². The Morgan fingerprint density at radius 2 is 1.18 bits per heavy atom. The van der Waals surface area contributed by atoms with Gasteiger partial charge in [0.15, 0.2) is 0 Å². The summed E-state index contributed by atoms with van der Waals surface area (Å²) in [5, 5.41) is -3.70. The number of phosphoric acid groups is 1. The van der Waals surface area contributed by atoms with E-state index in [-0.39, 0.29) is 66.0 Å². The molecule has 0 aliphatic rings. The van der Waals surface area contributed by atoms with Crippen LogP contribution in [0.15, 0.2) is 0 Å². The van der Waals surface area contributed by atoms with Gasteiger partial charge in [0.2, 0.25) is 0 Å². The zero-order chi connectivity index (χ0) is 12.7. The Morgan fingerprint density at radius 3 is 1.24 bits per heavy atom. The fraction of sp³-hybridized carbons (Fsp3) is 1.00. The SMILES string of the molecule is CC(OP(=O)([O-])[O-])(P(=O)(O)O)P(=O)(O)O.[Na+].[Na+]. The molecule has 0 radical (unpaired) electrons. The molecule has 10 nitrogen and oxygen atoms in total. The van der Waals surface area contributed by atoms with E-state index in [2.05, 4.69) is 4.52 Å². The van der Waals surface area contributed by atoms with Gasteiger partial charge in [-0.1, -0.05) is 0 Å². The van der Waals surface area contributed by atoms with Crippen LogP contribution in [0.25, 0.3) is 0 Å². The Balaban J connectivity index is -0.000000980. The van der Waals surface area contributed by atoms with E-state index in [1.807, 2.05) is 0 Å². The van der Waals surface area contributed by atoms with E-state index in [0.29, 0.717) is 0 Å². The topological polar surface area (TPSA) is 187 Å². The molecule has 92 valence electrons. The number of hydrogen-bond donors (Lipinski definition) is 4. The second-order valence-corrected chi connectivity index (χ2v) is 7.87. The first-order valence-corrected chi connectivity index (χ1v) is 7.73. The predicted octanol–water partition coefficient (Wildman–Crippen LogP) is -8.13. The molecule has 17 heavy (non-hydrogen) atoms. The maximum absolute atomic E-state index is 10.7. The minimum absolute atomic E-state index is 0. The van der Waals surface area contributed by atoms with Crippen LogP contribution in [0.3, 0.4) is 0 Å². The molecule has 0 fully saturated rings. The average Bonchev–Trinajstić information content (AvgIpc) is 1.77. The smallest absolute Gasteiger partial charge is 0.790 e. The van der Waals surface area contributed by atoms with Gasteiger partial charge in [-0.15, -0.1) is 0 Å². The first-order chi connectivity index (χ1) is 6.21. The number of phosphoric ester groups is 1. The second-order valence-electron chi connectivity index (χ2n) is 2.56. The molecule has 0 bridgehead atoms. The molecule has 0 atom stereocenters. The van der Waals surface area contributed by atoms with Crippen molar-refractivity contribution in [2.24, 2.45) is 0 Å². The predicted molar refractivity (Wildman–Crippen MR) is 41.2 cm³/mol. The van der Waals surface area contributed by atoms with Crippen LogP contribution in [0.5, 0.6) is 0 Å². The standard InChI is InChI=1S/C2H9O10P3.2Na/c1-2(13(3,4)5,14(6,7)8)12-15(9,10)11;;/h1H3,(H2,3,4,5)(H2,6,7,8)(H2,9,10,11);;/q;2*+1/p-2. The maximum Gasteiger partial charge on any atom is 1.00 e. The van der Waals surface area contributed by atoms with Gasteiger partial charge in [-0.2, -0.15) is 0 Å². The van der Waals surface area contributed by atoms with Crippen LogP contribution in [-0.4, -0.2) is 24.7 Å². The van der Waals surface area contributed by atoms with Crippen LogP contribution >= 0.6 is 23.0 Å². The van der Waals surface area contributed by atoms with Crippen LogP contribution < -0.4 is 68.9 Å². The van der Waals surface area contributed by atoms with Gasteiger partial charge in [-0.25, -0.2) is 0 Å². The van der Waals surface area contributed by atoms with Crippen LogP contribution in [0.1, 0.15) is 6.92 Å². The van der Waals surface area contributed by atoms with Crippen LogP contribution in [0.4, 0.5) is 0 Å². The fourth-order valence-corrected chi connectivity index (χ4v) is 3.72. The minimum atomic E-state index is -5.96. The molecule has 0 aliphatic carbocycles. The molecule has 0 amide bonds. The summed E-state index contributed by atoms with van der Waals surface area (Å²) in [7, 11) is -17.3. The second kappa shape index (κ2) is 7.43. The van der Waals surface area contributed by atoms with E-state index in [0.717, 1.165) is 0 Å². The summed E-state index contributed by atoms with van der Waals surface area (Å²) >= 11 is 0. The molecule has 4 N–H and O–H groups in total. The van der Waals surface area contributed by atoms with E-state index in [1.54, 1.807) is 0 Å². The zero-order valence-corrected chi connectivity index (χ0v) is 15.8. The first kappa shape index (κ1) is 24.4. The summed E-state index contributed by atoms with van der Waals surface area (Å²) in [6.07, 6.45) is 0. The van der Waals surface area contributed by atoms with Crippen molar-refractivity contribution in [1.29, 1.82) is 0 Å². The van der Waals surface area contributed by atoms with Gasteiger partial charge < -0.3 is 38.4 Å². The van der Waals surface area contributed by atoms with Crippen molar-refractivity contribution in [3.8, 4) is 0 Å². The molecule has 0 aliphatic heterocycles. The Kier molecular flexibility index (Phi) is 10.7. The van der Waals surface area contributed by atoms with E-state index in [4.69, 9.17) is 19.6 Å². The monoisotopic (exact) mass is 330 g/mol. The summed E-state index contributed by atoms with van der Waals surface area (Å²) in [6.45, 7) is 0.136. The molecule has 0 heterocycles. The normalized spacial score (nSPS) is 13.6. The quantitative estimate of drug-likeness (QED) is 0.285. The molecular formula is C2H7Na2O10P3. The largest absolute Gasteiger partial charge is 1.00 e. The average molecular weight is 330 g/mol. The molecule has 0 saturated carbocycles. The van der Waals surface area contributed by atoms with Gasteiger partial charge in [0.05, 0.1) is 7.82 Å². The van der Waals surface area contributed by atoms with Crippen LogP contribution in [0.2, 0.25) is 0 Å². The molecular weight excluding hydrogens is 323 g/mol. The van der Waals surface area contributed by atoms with Crippen LogP contribution in [0, 0.1) is 0 Å². The zero-order valence-electron chi connectivity index (χ0n) is 9.08. The molecule has 0 aromatic carbocycles. The summed E-state index contributed by atoms with van der Waals surface area (Å²) in [6, 6.07) is 0. The summed E-state index contributed by atoms with van der Waals surface area (Å²) < 4.78 is 34.7. The van der Waals surface area contributed by atoms with E-state index in [1.165, 1.54) is 0 Å². The third kappa shape index (κ3) is 7.11. The Bertz CT molecular complexity index is 353. The molecule has 0 rings (SSSR count). The molecule has 0 aromatic rings. The summed E-state index contributed by atoms with van der Waals surface area (Å²) in [5.41, 5.74) is 0. The van der Waals surface area contributed by atoms with E-state index < -0.39 is 28.1 Å².